The molecule has 5 heteroatoms. The number of carbonyl (C=O) groups is 2. The van der Waals surface area contributed by atoms with Crippen LogP contribution in [-0.2, 0) is 16.1 Å². The smallest absolute Gasteiger partial charge is 0.341 e. The standard InChI is InChI=1S/C27H42N2O3/c1-5-8-20-18(6-2)9-10-22-21(20)13-14-27(4)23(22)11-12-24(27)25(30)17-29-16-19(15-28-29)26(31)32-7-3/h15-16,18,20-24H,5-14,17H2,1-4H3. The van der Waals surface area contributed by atoms with Crippen LogP contribution >= 0.6 is 0 Å². The van der Waals surface area contributed by atoms with Crippen LogP contribution in [0.3, 0.4) is 0 Å². The number of carbonyl (C=O) groups excluding carboxylic acids is 2. The maximum absolute atomic E-state index is 13.4. The molecule has 0 bridgehead atoms. The summed E-state index contributed by atoms with van der Waals surface area (Å²) in [6.07, 6.45) is 14.6. The first-order valence-electron chi connectivity index (χ1n) is 13.1. The number of hydrogen-bond donors (Lipinski definition) is 0. The highest BCUT2D eigenvalue weighted by atomic mass is 16.5. The Labute approximate surface area is 193 Å². The molecule has 3 fully saturated rings. The molecule has 0 aliphatic heterocycles. The third kappa shape index (κ3) is 4.17. The summed E-state index contributed by atoms with van der Waals surface area (Å²) in [5.74, 6) is 4.23. The normalized spacial score (nSPS) is 36.4. The van der Waals surface area contributed by atoms with Gasteiger partial charge in [-0.2, -0.15) is 5.10 Å². The van der Waals surface area contributed by atoms with Crippen molar-refractivity contribution < 1.29 is 14.3 Å². The lowest BCUT2D eigenvalue weighted by molar-refractivity contribution is -0.130. The van der Waals surface area contributed by atoms with Crippen molar-refractivity contribution in [1.82, 2.24) is 9.78 Å². The Morgan fingerprint density at radius 2 is 1.94 bits per heavy atom. The van der Waals surface area contributed by atoms with E-state index in [1.807, 2.05) is 0 Å². The van der Waals surface area contributed by atoms with Gasteiger partial charge >= 0.3 is 5.97 Å². The van der Waals surface area contributed by atoms with Crippen molar-refractivity contribution in [3.05, 3.63) is 18.0 Å². The first kappa shape index (κ1) is 23.5. The molecule has 1 aromatic rings. The van der Waals surface area contributed by atoms with Crippen LogP contribution in [0.1, 0.15) is 95.8 Å². The van der Waals surface area contributed by atoms with E-state index in [0.717, 1.165) is 30.1 Å². The summed E-state index contributed by atoms with van der Waals surface area (Å²) in [7, 11) is 0. The van der Waals surface area contributed by atoms with E-state index in [2.05, 4.69) is 25.9 Å². The van der Waals surface area contributed by atoms with Crippen LogP contribution in [-0.4, -0.2) is 28.1 Å². The molecule has 0 aromatic carbocycles. The summed E-state index contributed by atoms with van der Waals surface area (Å²) in [5.41, 5.74) is 0.552. The average Bonchev–Trinajstić information content (AvgIpc) is 3.38. The van der Waals surface area contributed by atoms with Gasteiger partial charge in [-0.25, -0.2) is 4.79 Å². The van der Waals surface area contributed by atoms with E-state index in [1.54, 1.807) is 17.8 Å². The number of esters is 1. The zero-order valence-electron chi connectivity index (χ0n) is 20.5. The number of fused-ring (bicyclic) bond motifs is 3. The van der Waals surface area contributed by atoms with E-state index in [-0.39, 0.29) is 23.8 Å². The molecule has 32 heavy (non-hydrogen) atoms. The molecule has 178 valence electrons. The van der Waals surface area contributed by atoms with Crippen molar-refractivity contribution in [2.45, 2.75) is 92.0 Å². The second-order valence-corrected chi connectivity index (χ2v) is 10.9. The van der Waals surface area contributed by atoms with Crippen LogP contribution in [0.4, 0.5) is 0 Å². The van der Waals surface area contributed by atoms with Crippen LogP contribution in [0.2, 0.25) is 0 Å². The number of Topliss-reactive ketones (excluding diaryl/α,β-unsaturated/α-hetero) is 1. The summed E-state index contributed by atoms with van der Waals surface area (Å²) in [4.78, 5) is 25.4. The van der Waals surface area contributed by atoms with Crippen LogP contribution in [0.5, 0.6) is 0 Å². The molecule has 5 nitrogen and oxygen atoms in total. The monoisotopic (exact) mass is 442 g/mol. The molecule has 1 heterocycles. The molecule has 0 saturated heterocycles. The van der Waals surface area contributed by atoms with E-state index in [9.17, 15) is 9.59 Å². The Morgan fingerprint density at radius 3 is 2.66 bits per heavy atom. The maximum Gasteiger partial charge on any atom is 0.341 e. The van der Waals surface area contributed by atoms with Crippen molar-refractivity contribution in [2.75, 3.05) is 6.61 Å². The van der Waals surface area contributed by atoms with Crippen molar-refractivity contribution in [3.63, 3.8) is 0 Å². The molecule has 0 amide bonds. The Balaban J connectivity index is 1.45. The predicted octanol–water partition coefficient (Wildman–Crippen LogP) is 5.92. The molecule has 0 N–H and O–H groups in total. The third-order valence-corrected chi connectivity index (χ3v) is 9.52. The SMILES string of the molecule is CCCC1C(CC)CCC2C1CCC1(C)C(C(=O)Cn3cc(C(=O)OCC)cn3)CCC21. The second kappa shape index (κ2) is 9.69. The number of ether oxygens (including phenoxy) is 1. The molecule has 7 atom stereocenters. The number of nitrogens with zero attached hydrogens (tertiary/aromatic N) is 2. The van der Waals surface area contributed by atoms with Crippen LogP contribution in [0.25, 0.3) is 0 Å². The Bertz CT molecular complexity index is 818. The highest BCUT2D eigenvalue weighted by Crippen LogP contribution is 2.63. The Hall–Kier alpha value is -1.65. The van der Waals surface area contributed by atoms with Gasteiger partial charge in [0.25, 0.3) is 0 Å². The number of rotatable bonds is 8. The fourth-order valence-corrected chi connectivity index (χ4v) is 8.09. The molecule has 3 aliphatic carbocycles. The van der Waals surface area contributed by atoms with Gasteiger partial charge in [-0.05, 0) is 80.5 Å². The number of aromatic nitrogens is 2. The molecular formula is C27H42N2O3. The summed E-state index contributed by atoms with van der Waals surface area (Å²) in [5, 5.41) is 4.27. The first-order chi connectivity index (χ1) is 15.4. The van der Waals surface area contributed by atoms with Crippen LogP contribution in [0, 0.1) is 40.9 Å². The average molecular weight is 443 g/mol. The molecule has 0 radical (unpaired) electrons. The highest BCUT2D eigenvalue weighted by Gasteiger charge is 2.57. The minimum absolute atomic E-state index is 0.122. The van der Waals surface area contributed by atoms with Gasteiger partial charge in [-0.15, -0.1) is 0 Å². The van der Waals surface area contributed by atoms with Crippen molar-refractivity contribution in [2.24, 2.45) is 40.9 Å². The predicted molar refractivity (Wildman–Crippen MR) is 125 cm³/mol. The Morgan fingerprint density at radius 1 is 1.12 bits per heavy atom. The van der Waals surface area contributed by atoms with E-state index in [4.69, 9.17) is 4.74 Å². The molecule has 3 aliphatic rings. The van der Waals surface area contributed by atoms with Gasteiger partial charge < -0.3 is 4.74 Å². The van der Waals surface area contributed by atoms with Gasteiger partial charge in [0.2, 0.25) is 0 Å². The van der Waals surface area contributed by atoms with E-state index in [0.29, 0.717) is 23.9 Å². The van der Waals surface area contributed by atoms with Gasteiger partial charge in [0.1, 0.15) is 0 Å². The van der Waals surface area contributed by atoms with E-state index >= 15 is 0 Å². The minimum Gasteiger partial charge on any atom is -0.462 e. The fourth-order valence-electron chi connectivity index (χ4n) is 8.09. The maximum atomic E-state index is 13.4. The van der Waals surface area contributed by atoms with Gasteiger partial charge in [-0.1, -0.05) is 40.0 Å². The largest absolute Gasteiger partial charge is 0.462 e. The van der Waals surface area contributed by atoms with Gasteiger partial charge in [0, 0.05) is 12.1 Å². The minimum atomic E-state index is -0.373. The zero-order chi connectivity index (χ0) is 22.9. The molecule has 3 saturated carbocycles. The first-order valence-corrected chi connectivity index (χ1v) is 13.1. The number of ketones is 1. The summed E-state index contributed by atoms with van der Waals surface area (Å²) in [6, 6.07) is 0. The lowest BCUT2D eigenvalue weighted by Gasteiger charge is -2.54. The van der Waals surface area contributed by atoms with Crippen molar-refractivity contribution in [1.29, 1.82) is 0 Å². The summed E-state index contributed by atoms with van der Waals surface area (Å²) >= 11 is 0. The van der Waals surface area contributed by atoms with Gasteiger partial charge in [-0.3, -0.25) is 9.48 Å². The lowest BCUT2D eigenvalue weighted by Crippen LogP contribution is -2.48. The van der Waals surface area contributed by atoms with Crippen molar-refractivity contribution >= 4 is 11.8 Å². The number of hydrogen-bond acceptors (Lipinski definition) is 4. The Kier molecular flexibility index (Phi) is 7.11. The molecular weight excluding hydrogens is 400 g/mol. The third-order valence-electron chi connectivity index (χ3n) is 9.52. The van der Waals surface area contributed by atoms with Gasteiger partial charge in [0.15, 0.2) is 5.78 Å². The van der Waals surface area contributed by atoms with E-state index < -0.39 is 0 Å². The lowest BCUT2D eigenvalue weighted by atomic mass is 9.50. The quantitative estimate of drug-likeness (QED) is 0.469. The second-order valence-electron chi connectivity index (χ2n) is 10.9. The van der Waals surface area contributed by atoms with Crippen molar-refractivity contribution in [3.8, 4) is 0 Å². The van der Waals surface area contributed by atoms with E-state index in [1.165, 1.54) is 57.6 Å². The summed E-state index contributed by atoms with van der Waals surface area (Å²) < 4.78 is 6.67. The fraction of sp³-hybridized carbons (Fsp3) is 0.815. The van der Waals surface area contributed by atoms with Gasteiger partial charge in [0.05, 0.1) is 24.9 Å². The molecule has 7 unspecified atom stereocenters. The topological polar surface area (TPSA) is 61.2 Å². The van der Waals surface area contributed by atoms with Crippen LogP contribution < -0.4 is 0 Å². The highest BCUT2D eigenvalue weighted by molar-refractivity contribution is 5.89. The molecule has 1 aromatic heterocycles. The molecule has 4 rings (SSSR count). The summed E-state index contributed by atoms with van der Waals surface area (Å²) in [6.45, 7) is 9.53. The zero-order valence-corrected chi connectivity index (χ0v) is 20.5. The molecule has 0 spiro atoms. The van der Waals surface area contributed by atoms with Crippen LogP contribution in [0.15, 0.2) is 12.4 Å².